The summed E-state index contributed by atoms with van der Waals surface area (Å²) in [4.78, 5) is 53.8. The lowest BCUT2D eigenvalue weighted by atomic mass is 9.78. The molecule has 1 aliphatic carbocycles. The van der Waals surface area contributed by atoms with E-state index >= 15 is 0 Å². The fraction of sp³-hybridized carbons (Fsp3) is 0.167. The third kappa shape index (κ3) is 3.25. The van der Waals surface area contributed by atoms with Gasteiger partial charge in [0.1, 0.15) is 5.76 Å². The predicted octanol–water partition coefficient (Wildman–Crippen LogP) is 2.64. The molecule has 2 heterocycles. The minimum absolute atomic E-state index is 0.0221. The highest BCUT2D eigenvalue weighted by molar-refractivity contribution is 6.52. The Kier molecular flexibility index (Phi) is 4.74. The van der Waals surface area contributed by atoms with Crippen molar-refractivity contribution in [3.63, 3.8) is 0 Å². The summed E-state index contributed by atoms with van der Waals surface area (Å²) in [6.07, 6.45) is -0.434. The standard InChI is InChI=1S/C24H17NO8/c1-31-19(26)8-14(20-21(27)12-4-2-3-5-13(12)22(28)23(20)29)15-6-11-7-17-18(33-10-32-17)9-16(11)25-24(15)30/h2-7,9,14,27H,8,10H2,1H3,(H,25,30). The normalized spacial score (nSPS) is 15.5. The molecule has 5 rings (SSSR count). The van der Waals surface area contributed by atoms with Crippen LogP contribution in [-0.2, 0) is 14.3 Å². The van der Waals surface area contributed by atoms with Gasteiger partial charge in [-0.25, -0.2) is 0 Å². The summed E-state index contributed by atoms with van der Waals surface area (Å²) in [5.74, 6) is -3.24. The number of H-pyrrole nitrogens is 1. The maximum atomic E-state index is 13.0. The molecule has 9 nitrogen and oxygen atoms in total. The second kappa shape index (κ2) is 7.63. The number of hydrogen-bond donors (Lipinski definition) is 2. The van der Waals surface area contributed by atoms with Crippen molar-refractivity contribution in [2.75, 3.05) is 13.9 Å². The van der Waals surface area contributed by atoms with E-state index in [4.69, 9.17) is 14.2 Å². The first-order valence-corrected chi connectivity index (χ1v) is 10.0. The number of nitrogens with one attached hydrogen (secondary N) is 1. The smallest absolute Gasteiger partial charge is 0.306 e. The SMILES string of the molecule is COC(=O)CC(C1=C(O)c2ccccc2C(=O)C1=O)c1cc2cc3c(cc2[nH]c1=O)OCO3. The van der Waals surface area contributed by atoms with Crippen molar-refractivity contribution in [2.24, 2.45) is 0 Å². The summed E-state index contributed by atoms with van der Waals surface area (Å²) in [6.45, 7) is 0.0461. The van der Waals surface area contributed by atoms with E-state index in [2.05, 4.69) is 4.98 Å². The predicted molar refractivity (Wildman–Crippen MR) is 115 cm³/mol. The lowest BCUT2D eigenvalue weighted by Crippen LogP contribution is -2.30. The summed E-state index contributed by atoms with van der Waals surface area (Å²) >= 11 is 0. The van der Waals surface area contributed by atoms with Crippen LogP contribution in [0.1, 0.15) is 33.8 Å². The van der Waals surface area contributed by atoms with E-state index in [1.165, 1.54) is 25.3 Å². The largest absolute Gasteiger partial charge is 0.507 e. The van der Waals surface area contributed by atoms with Crippen LogP contribution in [0, 0.1) is 0 Å². The number of ketones is 2. The third-order valence-electron chi connectivity index (χ3n) is 5.82. The van der Waals surface area contributed by atoms with Crippen molar-refractivity contribution in [3.8, 4) is 11.5 Å². The Labute approximate surface area is 186 Å². The Balaban J connectivity index is 1.73. The highest BCUT2D eigenvalue weighted by Crippen LogP contribution is 2.39. The Bertz CT molecular complexity index is 1450. The van der Waals surface area contributed by atoms with Crippen molar-refractivity contribution in [1.82, 2.24) is 4.98 Å². The van der Waals surface area contributed by atoms with Crippen LogP contribution in [0.5, 0.6) is 11.5 Å². The number of allylic oxidation sites excluding steroid dienone is 1. The quantitative estimate of drug-likeness (QED) is 0.461. The molecule has 0 saturated carbocycles. The number of pyridine rings is 1. The van der Waals surface area contributed by atoms with Crippen molar-refractivity contribution in [2.45, 2.75) is 12.3 Å². The summed E-state index contributed by atoms with van der Waals surface area (Å²) in [5.41, 5.74) is -0.217. The van der Waals surface area contributed by atoms with Crippen LogP contribution in [0.4, 0.5) is 0 Å². The van der Waals surface area contributed by atoms with Gasteiger partial charge in [0.05, 0.1) is 24.6 Å². The summed E-state index contributed by atoms with van der Waals surface area (Å²) < 4.78 is 15.5. The van der Waals surface area contributed by atoms with Gasteiger partial charge in [-0.2, -0.15) is 0 Å². The van der Waals surface area contributed by atoms with Gasteiger partial charge in [0.15, 0.2) is 11.5 Å². The van der Waals surface area contributed by atoms with Gasteiger partial charge >= 0.3 is 5.97 Å². The molecule has 166 valence electrons. The molecule has 0 saturated heterocycles. The molecule has 2 aliphatic rings. The van der Waals surface area contributed by atoms with Gasteiger partial charge < -0.3 is 24.3 Å². The van der Waals surface area contributed by atoms with E-state index < -0.39 is 41.2 Å². The molecule has 0 radical (unpaired) electrons. The fourth-order valence-electron chi connectivity index (χ4n) is 4.20. The zero-order valence-electron chi connectivity index (χ0n) is 17.3. The Morgan fingerprint density at radius 1 is 1.06 bits per heavy atom. The number of ether oxygens (including phenoxy) is 3. The van der Waals surface area contributed by atoms with Crippen molar-refractivity contribution < 1.29 is 33.7 Å². The number of aromatic nitrogens is 1. The molecule has 1 unspecified atom stereocenters. The minimum Gasteiger partial charge on any atom is -0.507 e. The number of fused-ring (bicyclic) bond motifs is 3. The van der Waals surface area contributed by atoms with Crippen molar-refractivity contribution >= 4 is 34.2 Å². The number of aromatic amines is 1. The second-order valence-corrected chi connectivity index (χ2v) is 7.65. The monoisotopic (exact) mass is 447 g/mol. The summed E-state index contributed by atoms with van der Waals surface area (Å²) in [7, 11) is 1.17. The van der Waals surface area contributed by atoms with E-state index in [0.29, 0.717) is 22.4 Å². The lowest BCUT2D eigenvalue weighted by Gasteiger charge is -2.24. The maximum Gasteiger partial charge on any atom is 0.306 e. The first kappa shape index (κ1) is 20.5. The molecule has 0 bridgehead atoms. The number of aliphatic hydroxyl groups is 1. The Morgan fingerprint density at radius 2 is 1.76 bits per heavy atom. The molecule has 1 atom stereocenters. The van der Waals surface area contributed by atoms with E-state index in [0.717, 1.165) is 0 Å². The molecule has 1 aliphatic heterocycles. The van der Waals surface area contributed by atoms with Gasteiger partial charge in [-0.3, -0.25) is 19.2 Å². The topological polar surface area (TPSA) is 132 Å². The minimum atomic E-state index is -1.22. The molecule has 0 fully saturated rings. The van der Waals surface area contributed by atoms with Gasteiger partial charge in [-0.15, -0.1) is 0 Å². The van der Waals surface area contributed by atoms with Crippen molar-refractivity contribution in [3.05, 3.63) is 75.1 Å². The zero-order valence-corrected chi connectivity index (χ0v) is 17.3. The van der Waals surface area contributed by atoms with Crippen LogP contribution in [0.3, 0.4) is 0 Å². The molecule has 2 N–H and O–H groups in total. The average Bonchev–Trinajstić information content (AvgIpc) is 3.27. The molecule has 9 heteroatoms. The lowest BCUT2D eigenvalue weighted by molar-refractivity contribution is -0.140. The molecule has 1 aromatic heterocycles. The van der Waals surface area contributed by atoms with E-state index in [1.54, 1.807) is 24.3 Å². The number of carbonyl (C=O) groups is 3. The fourth-order valence-corrected chi connectivity index (χ4v) is 4.20. The van der Waals surface area contributed by atoms with Gasteiger partial charge in [-0.1, -0.05) is 24.3 Å². The van der Waals surface area contributed by atoms with Crippen LogP contribution in [0.15, 0.2) is 52.8 Å². The van der Waals surface area contributed by atoms with Gasteiger partial charge in [-0.05, 0) is 12.1 Å². The number of methoxy groups -OCH3 is 1. The van der Waals surface area contributed by atoms with Gasteiger partial charge in [0.25, 0.3) is 5.56 Å². The first-order chi connectivity index (χ1) is 15.9. The van der Waals surface area contributed by atoms with Crippen LogP contribution < -0.4 is 15.0 Å². The molecule has 33 heavy (non-hydrogen) atoms. The zero-order chi connectivity index (χ0) is 23.3. The molecule has 0 amide bonds. The molecule has 2 aromatic carbocycles. The molecular formula is C24H17NO8. The van der Waals surface area contributed by atoms with Crippen LogP contribution in [-0.4, -0.2) is 41.5 Å². The van der Waals surface area contributed by atoms with Crippen LogP contribution in [0.2, 0.25) is 0 Å². The summed E-state index contributed by atoms with van der Waals surface area (Å²) in [6, 6.07) is 10.9. The number of esters is 1. The van der Waals surface area contributed by atoms with E-state index in [9.17, 15) is 24.3 Å². The Morgan fingerprint density at radius 3 is 2.48 bits per heavy atom. The number of hydrogen-bond acceptors (Lipinski definition) is 8. The van der Waals surface area contributed by atoms with E-state index in [1.807, 2.05) is 0 Å². The number of Topliss-reactive ketones (excluding diaryl/α,β-unsaturated/α-hetero) is 2. The van der Waals surface area contributed by atoms with Gasteiger partial charge in [0, 0.05) is 34.1 Å². The van der Waals surface area contributed by atoms with Crippen LogP contribution in [0.25, 0.3) is 16.7 Å². The maximum absolute atomic E-state index is 13.0. The summed E-state index contributed by atoms with van der Waals surface area (Å²) in [5, 5.41) is 11.5. The Hall–Kier alpha value is -4.40. The molecule has 3 aromatic rings. The van der Waals surface area contributed by atoms with Crippen LogP contribution >= 0.6 is 0 Å². The number of rotatable bonds is 4. The van der Waals surface area contributed by atoms with E-state index in [-0.39, 0.29) is 29.1 Å². The molecule has 0 spiro atoms. The third-order valence-corrected chi connectivity index (χ3v) is 5.82. The van der Waals surface area contributed by atoms with Crippen molar-refractivity contribution in [1.29, 1.82) is 0 Å². The second-order valence-electron chi connectivity index (χ2n) is 7.65. The number of aliphatic hydroxyl groups excluding tert-OH is 1. The molecular weight excluding hydrogens is 430 g/mol. The first-order valence-electron chi connectivity index (χ1n) is 10.0. The van der Waals surface area contributed by atoms with Gasteiger partial charge in [0.2, 0.25) is 18.4 Å². The average molecular weight is 447 g/mol. The number of benzene rings is 2. The number of carbonyl (C=O) groups excluding carboxylic acids is 3. The highest BCUT2D eigenvalue weighted by Gasteiger charge is 2.39. The highest BCUT2D eigenvalue weighted by atomic mass is 16.7.